The Morgan fingerprint density at radius 3 is 2.58 bits per heavy atom. The molecule has 0 saturated heterocycles. The van der Waals surface area contributed by atoms with Crippen molar-refractivity contribution >= 4 is 11.5 Å². The summed E-state index contributed by atoms with van der Waals surface area (Å²) in [5, 5.41) is 2.84. The molecule has 6 nitrogen and oxygen atoms in total. The van der Waals surface area contributed by atoms with Gasteiger partial charge < -0.3 is 19.5 Å². The van der Waals surface area contributed by atoms with E-state index in [2.05, 4.69) is 16.9 Å². The molecule has 0 fully saturated rings. The number of likely N-dealkylation sites (N-methyl/N-ethyl adjacent to an activating group) is 1. The lowest BCUT2D eigenvalue weighted by molar-refractivity contribution is -0.137. The van der Waals surface area contributed by atoms with Crippen molar-refractivity contribution in [2.45, 2.75) is 13.1 Å². The molecule has 9 heteroatoms. The summed E-state index contributed by atoms with van der Waals surface area (Å²) in [6.45, 7) is 6.74. The molecule has 0 atom stereocenters. The molecule has 1 N–H and O–H groups in total. The Balaban J connectivity index is 2.18. The van der Waals surface area contributed by atoms with Crippen LogP contribution in [0.2, 0.25) is 0 Å². The van der Waals surface area contributed by atoms with Gasteiger partial charge in [0.25, 0.3) is 5.91 Å². The third-order valence-corrected chi connectivity index (χ3v) is 5.64. The van der Waals surface area contributed by atoms with Crippen LogP contribution in [0.3, 0.4) is 0 Å². The first-order valence-electron chi connectivity index (χ1n) is 11.3. The predicted molar refractivity (Wildman–Crippen MR) is 135 cm³/mol. The molecule has 0 spiro atoms. The zero-order valence-electron chi connectivity index (χ0n) is 20.7. The largest absolute Gasteiger partial charge is 0.496 e. The van der Waals surface area contributed by atoms with Crippen molar-refractivity contribution in [3.8, 4) is 22.7 Å². The first kappa shape index (κ1) is 26.7. The van der Waals surface area contributed by atoms with Crippen LogP contribution in [-0.4, -0.2) is 54.7 Å². The van der Waals surface area contributed by atoms with Crippen molar-refractivity contribution in [2.75, 3.05) is 34.3 Å². The van der Waals surface area contributed by atoms with E-state index in [1.807, 2.05) is 19.0 Å². The summed E-state index contributed by atoms with van der Waals surface area (Å²) in [5.74, 6) is 0.0755. The van der Waals surface area contributed by atoms with Gasteiger partial charge in [0.05, 0.1) is 35.9 Å². The van der Waals surface area contributed by atoms with E-state index >= 15 is 0 Å². The number of carbonyl (C=O) groups excluding carboxylic acids is 1. The molecule has 190 valence electrons. The molecule has 0 radical (unpaired) electrons. The van der Waals surface area contributed by atoms with Crippen molar-refractivity contribution in [1.82, 2.24) is 19.8 Å². The van der Waals surface area contributed by atoms with Gasteiger partial charge in [0.1, 0.15) is 5.75 Å². The monoisotopic (exact) mass is 498 g/mol. The maximum atomic E-state index is 14.0. The van der Waals surface area contributed by atoms with E-state index in [1.165, 1.54) is 17.9 Å². The van der Waals surface area contributed by atoms with Crippen molar-refractivity contribution < 1.29 is 22.7 Å². The van der Waals surface area contributed by atoms with Gasteiger partial charge in [-0.25, -0.2) is 0 Å². The predicted octanol–water partition coefficient (Wildman–Crippen LogP) is 5.45. The van der Waals surface area contributed by atoms with Gasteiger partial charge in [-0.05, 0) is 63.0 Å². The summed E-state index contributed by atoms with van der Waals surface area (Å²) in [7, 11) is 5.27. The fraction of sp³-hybridized carbons (Fsp3) is 0.259. The van der Waals surface area contributed by atoms with Crippen LogP contribution in [0.4, 0.5) is 13.2 Å². The molecule has 0 bridgehead atoms. The number of nitrogens with one attached hydrogen (secondary N) is 1. The smallest absolute Gasteiger partial charge is 0.418 e. The Kier molecular flexibility index (Phi) is 8.37. The van der Waals surface area contributed by atoms with Crippen molar-refractivity contribution in [2.24, 2.45) is 0 Å². The van der Waals surface area contributed by atoms with Crippen LogP contribution in [-0.2, 0) is 6.18 Å². The molecule has 3 aromatic rings. The third kappa shape index (κ3) is 5.68. The molecular weight excluding hydrogens is 469 g/mol. The molecule has 0 aliphatic heterocycles. The van der Waals surface area contributed by atoms with Crippen LogP contribution in [0, 0.1) is 0 Å². The number of nitrogens with zero attached hydrogens (tertiary/aromatic N) is 3. The first-order valence-corrected chi connectivity index (χ1v) is 11.3. The van der Waals surface area contributed by atoms with Crippen molar-refractivity contribution in [3.05, 3.63) is 84.3 Å². The second-order valence-corrected chi connectivity index (χ2v) is 8.25. The standard InChI is InChI=1S/C27H29F3N4O2/c1-6-18(7-2)22-10-11-23(34(22)24-17-31-13-12-21(24)27(28,29)30)20-9-8-19(16-25(20)36-5)26(35)32-14-15-33(3)4/h6-13,16-17H,1,14-15H2,2-5H3,(H,32,35)/b18-7+. The fourth-order valence-corrected chi connectivity index (χ4v) is 3.85. The van der Waals surface area contributed by atoms with Crippen LogP contribution >= 0.6 is 0 Å². The lowest BCUT2D eigenvalue weighted by atomic mass is 10.1. The number of aromatic nitrogens is 2. The lowest BCUT2D eigenvalue weighted by Gasteiger charge is -2.20. The van der Waals surface area contributed by atoms with Gasteiger partial charge in [-0.1, -0.05) is 18.7 Å². The van der Waals surface area contributed by atoms with E-state index in [1.54, 1.807) is 49.4 Å². The molecule has 0 aliphatic rings. The van der Waals surface area contributed by atoms with Crippen LogP contribution in [0.1, 0.15) is 28.5 Å². The highest BCUT2D eigenvalue weighted by molar-refractivity contribution is 5.95. The summed E-state index contributed by atoms with van der Waals surface area (Å²) in [5.41, 5.74) is 1.54. The number of ether oxygens (including phenoxy) is 1. The van der Waals surface area contributed by atoms with Gasteiger partial charge >= 0.3 is 6.18 Å². The maximum absolute atomic E-state index is 14.0. The molecule has 2 aromatic heterocycles. The summed E-state index contributed by atoms with van der Waals surface area (Å²) < 4.78 is 48.9. The number of pyridine rings is 1. The minimum Gasteiger partial charge on any atom is -0.496 e. The van der Waals surface area contributed by atoms with E-state index in [4.69, 9.17) is 4.74 Å². The summed E-state index contributed by atoms with van der Waals surface area (Å²) >= 11 is 0. The van der Waals surface area contributed by atoms with E-state index in [9.17, 15) is 18.0 Å². The highest BCUT2D eigenvalue weighted by Gasteiger charge is 2.35. The van der Waals surface area contributed by atoms with Gasteiger partial charge in [0.2, 0.25) is 0 Å². The molecule has 36 heavy (non-hydrogen) atoms. The zero-order valence-corrected chi connectivity index (χ0v) is 20.7. The highest BCUT2D eigenvalue weighted by Crippen LogP contribution is 2.40. The Morgan fingerprint density at radius 2 is 1.97 bits per heavy atom. The Labute approximate surface area is 208 Å². The minimum atomic E-state index is -4.60. The molecule has 1 aromatic carbocycles. The van der Waals surface area contributed by atoms with Crippen molar-refractivity contribution in [3.63, 3.8) is 0 Å². The average molecular weight is 499 g/mol. The van der Waals surface area contributed by atoms with Crippen LogP contribution < -0.4 is 10.1 Å². The third-order valence-electron chi connectivity index (χ3n) is 5.64. The molecule has 3 rings (SSSR count). The van der Waals surface area contributed by atoms with E-state index in [-0.39, 0.29) is 11.6 Å². The number of hydrogen-bond donors (Lipinski definition) is 1. The van der Waals surface area contributed by atoms with Gasteiger partial charge in [0.15, 0.2) is 0 Å². The van der Waals surface area contributed by atoms with Gasteiger partial charge in [0, 0.05) is 30.4 Å². The average Bonchev–Trinajstić information content (AvgIpc) is 3.28. The molecule has 0 aliphatic carbocycles. The van der Waals surface area contributed by atoms with Crippen LogP contribution in [0.25, 0.3) is 22.5 Å². The summed E-state index contributed by atoms with van der Waals surface area (Å²) in [4.78, 5) is 18.5. The fourth-order valence-electron chi connectivity index (χ4n) is 3.85. The number of alkyl halides is 3. The zero-order chi connectivity index (χ0) is 26.5. The number of carbonyl (C=O) groups is 1. The number of allylic oxidation sites excluding steroid dienone is 3. The summed E-state index contributed by atoms with van der Waals surface area (Å²) in [6, 6.07) is 9.25. The molecule has 0 unspecified atom stereocenters. The molecule has 2 heterocycles. The quantitative estimate of drug-likeness (QED) is 0.399. The van der Waals surface area contributed by atoms with E-state index in [0.29, 0.717) is 46.9 Å². The highest BCUT2D eigenvalue weighted by atomic mass is 19.4. The topological polar surface area (TPSA) is 59.4 Å². The van der Waals surface area contributed by atoms with E-state index in [0.717, 1.165) is 12.3 Å². The Bertz CT molecular complexity index is 1280. The lowest BCUT2D eigenvalue weighted by Crippen LogP contribution is -2.31. The van der Waals surface area contributed by atoms with Gasteiger partial charge in [-0.2, -0.15) is 13.2 Å². The number of methoxy groups -OCH3 is 1. The van der Waals surface area contributed by atoms with Gasteiger partial charge in [-0.15, -0.1) is 0 Å². The second-order valence-electron chi connectivity index (χ2n) is 8.25. The number of halogens is 3. The Hall–Kier alpha value is -3.85. The van der Waals surface area contributed by atoms with Crippen molar-refractivity contribution in [1.29, 1.82) is 0 Å². The SMILES string of the molecule is C=C/C(=C\C)c1ccc(-c2ccc(C(=O)NCCN(C)C)cc2OC)n1-c1cnccc1C(F)(F)F. The summed E-state index contributed by atoms with van der Waals surface area (Å²) in [6.07, 6.45) is 1.05. The van der Waals surface area contributed by atoms with E-state index < -0.39 is 11.7 Å². The second kappa shape index (κ2) is 11.3. The molecular formula is C27H29F3N4O2. The Morgan fingerprint density at radius 1 is 1.22 bits per heavy atom. The van der Waals surface area contributed by atoms with Crippen LogP contribution in [0.5, 0.6) is 5.75 Å². The number of hydrogen-bond acceptors (Lipinski definition) is 4. The van der Waals surface area contributed by atoms with Crippen LogP contribution in [0.15, 0.2) is 67.5 Å². The molecule has 1 amide bonds. The minimum absolute atomic E-state index is 0.131. The number of amides is 1. The molecule has 0 saturated carbocycles. The number of benzene rings is 1. The van der Waals surface area contributed by atoms with Gasteiger partial charge in [-0.3, -0.25) is 9.78 Å². The number of rotatable bonds is 9. The first-order chi connectivity index (χ1) is 17.1. The normalized spacial score (nSPS) is 12.1. The maximum Gasteiger partial charge on any atom is 0.418 e.